The van der Waals surface area contributed by atoms with Crippen molar-refractivity contribution in [1.82, 2.24) is 15.3 Å². The number of alkyl carbamates (subject to hydrolysis) is 1. The number of aromatic nitrogens is 2. The van der Waals surface area contributed by atoms with E-state index < -0.39 is 67.1 Å². The molecule has 1 amide bonds. The lowest BCUT2D eigenvalue weighted by atomic mass is 9.84. The molecule has 1 saturated heterocycles. The Balaban J connectivity index is 1.59. The van der Waals surface area contributed by atoms with Gasteiger partial charge in [0, 0.05) is 43.5 Å². The van der Waals surface area contributed by atoms with Crippen molar-refractivity contribution in [1.29, 1.82) is 0 Å². The van der Waals surface area contributed by atoms with Gasteiger partial charge in [-0.2, -0.15) is 0 Å². The number of imidazole rings is 1. The van der Waals surface area contributed by atoms with Gasteiger partial charge < -0.3 is 62.8 Å². The molecule has 3 rings (SSSR count). The molecule has 1 aliphatic heterocycles. The lowest BCUT2D eigenvalue weighted by Gasteiger charge is -2.46. The Morgan fingerprint density at radius 3 is 2.56 bits per heavy atom. The SMILES string of the molecule is NC[C@H]1O[C@H](O[C@H]2[C@H](O)[C@@H](OC(=O)NCCc3cnc[nH]3)[C@@H](N)C[C@@H]2N)[C@H](N)[C@@H](O)[C@@H]1O. The summed E-state index contributed by atoms with van der Waals surface area (Å²) in [5, 5.41) is 33.5. The van der Waals surface area contributed by atoms with Crippen molar-refractivity contribution in [3.05, 3.63) is 18.2 Å². The Labute approximate surface area is 184 Å². The summed E-state index contributed by atoms with van der Waals surface area (Å²) in [4.78, 5) is 19.0. The number of aromatic amines is 1. The van der Waals surface area contributed by atoms with E-state index in [9.17, 15) is 20.1 Å². The Kier molecular flexibility index (Phi) is 8.37. The van der Waals surface area contributed by atoms with Gasteiger partial charge in [-0.15, -0.1) is 0 Å². The predicted octanol–water partition coefficient (Wildman–Crippen LogP) is -4.42. The summed E-state index contributed by atoms with van der Waals surface area (Å²) in [6.45, 7) is 0.198. The van der Waals surface area contributed by atoms with Crippen LogP contribution in [0.1, 0.15) is 12.1 Å². The van der Waals surface area contributed by atoms with Crippen LogP contribution in [0.3, 0.4) is 0 Å². The van der Waals surface area contributed by atoms with Crippen LogP contribution in [0.4, 0.5) is 4.79 Å². The Morgan fingerprint density at radius 1 is 1.19 bits per heavy atom. The number of ether oxygens (including phenoxy) is 3. The maximum atomic E-state index is 12.2. The van der Waals surface area contributed by atoms with E-state index in [0.717, 1.165) is 5.69 Å². The first-order valence-corrected chi connectivity index (χ1v) is 10.5. The Bertz CT molecular complexity index is 725. The van der Waals surface area contributed by atoms with Gasteiger partial charge in [0.25, 0.3) is 0 Å². The molecule has 1 saturated carbocycles. The minimum Gasteiger partial charge on any atom is -0.442 e. The van der Waals surface area contributed by atoms with Gasteiger partial charge >= 0.3 is 6.09 Å². The highest BCUT2D eigenvalue weighted by molar-refractivity contribution is 5.67. The number of aliphatic hydroxyl groups is 3. The zero-order valence-electron chi connectivity index (χ0n) is 17.5. The summed E-state index contributed by atoms with van der Waals surface area (Å²) in [6.07, 6.45) is -5.20. The van der Waals surface area contributed by atoms with Gasteiger partial charge in [-0.25, -0.2) is 9.78 Å². The van der Waals surface area contributed by atoms with Crippen LogP contribution in [0.15, 0.2) is 12.5 Å². The van der Waals surface area contributed by atoms with Crippen LogP contribution in [-0.2, 0) is 20.6 Å². The molecular weight excluding hydrogens is 426 g/mol. The van der Waals surface area contributed by atoms with E-state index >= 15 is 0 Å². The largest absolute Gasteiger partial charge is 0.442 e. The highest BCUT2D eigenvalue weighted by atomic mass is 16.7. The number of nitrogens with zero attached hydrogens (tertiary/aromatic N) is 1. The molecule has 0 spiro atoms. The Hall–Kier alpha value is -1.88. The molecule has 13 N–H and O–H groups in total. The van der Waals surface area contributed by atoms with Gasteiger partial charge in [-0.1, -0.05) is 0 Å². The second kappa shape index (κ2) is 10.8. The minimum atomic E-state index is -1.39. The number of nitrogens with two attached hydrogens (primary N) is 4. The Morgan fingerprint density at radius 2 is 1.91 bits per heavy atom. The highest BCUT2D eigenvalue weighted by Gasteiger charge is 2.49. The van der Waals surface area contributed by atoms with Crippen LogP contribution in [0.5, 0.6) is 0 Å². The summed E-state index contributed by atoms with van der Waals surface area (Å²) in [5.74, 6) is 0. The number of amides is 1. The van der Waals surface area contributed by atoms with E-state index in [-0.39, 0.29) is 19.5 Å². The monoisotopic (exact) mass is 459 g/mol. The van der Waals surface area contributed by atoms with E-state index in [2.05, 4.69) is 15.3 Å². The fraction of sp³-hybridized carbons (Fsp3) is 0.778. The van der Waals surface area contributed by atoms with Crippen molar-refractivity contribution < 1.29 is 34.3 Å². The van der Waals surface area contributed by atoms with Gasteiger partial charge in [0.2, 0.25) is 0 Å². The van der Waals surface area contributed by atoms with Crippen molar-refractivity contribution in [2.24, 2.45) is 22.9 Å². The first kappa shape index (κ1) is 24.8. The number of hydrogen-bond acceptors (Lipinski definition) is 12. The number of hydrogen-bond donors (Lipinski definition) is 9. The summed E-state index contributed by atoms with van der Waals surface area (Å²) in [6, 6.07) is -2.57. The second-order valence-electron chi connectivity index (χ2n) is 8.12. The highest BCUT2D eigenvalue weighted by Crippen LogP contribution is 2.28. The van der Waals surface area contributed by atoms with Crippen LogP contribution >= 0.6 is 0 Å². The van der Waals surface area contributed by atoms with Crippen molar-refractivity contribution in [2.75, 3.05) is 13.1 Å². The summed E-state index contributed by atoms with van der Waals surface area (Å²) in [5.41, 5.74) is 24.5. The zero-order chi connectivity index (χ0) is 23.4. The van der Waals surface area contributed by atoms with Gasteiger partial charge in [0.05, 0.1) is 12.4 Å². The van der Waals surface area contributed by atoms with E-state index in [1.165, 1.54) is 6.33 Å². The summed E-state index contributed by atoms with van der Waals surface area (Å²) >= 11 is 0. The van der Waals surface area contributed by atoms with Gasteiger partial charge in [-0.05, 0) is 6.42 Å². The van der Waals surface area contributed by atoms with Gasteiger partial charge in [0.1, 0.15) is 36.6 Å². The zero-order valence-corrected chi connectivity index (χ0v) is 17.5. The van der Waals surface area contributed by atoms with Crippen LogP contribution in [0.25, 0.3) is 0 Å². The van der Waals surface area contributed by atoms with Crippen LogP contribution < -0.4 is 28.3 Å². The standard InChI is InChI=1S/C18H33N7O7/c19-4-10-12(26)13(27)11(22)17(30-10)31-15-8(20)3-9(21)16(14(15)28)32-18(29)24-2-1-7-5-23-6-25-7/h5-6,8-17,26-28H,1-4,19-22H2,(H,23,25)(H,24,29)/t8-,9-,10+,11+,12+,13+,14-,15+,16-,17+/m0/s1. The molecule has 14 heteroatoms. The van der Waals surface area contributed by atoms with E-state index in [1.54, 1.807) is 6.20 Å². The van der Waals surface area contributed by atoms with Crippen LogP contribution in [-0.4, -0.2) is 106 Å². The second-order valence-corrected chi connectivity index (χ2v) is 8.12. The molecule has 0 unspecified atom stereocenters. The van der Waals surface area contributed by atoms with Crippen LogP contribution in [0, 0.1) is 0 Å². The maximum Gasteiger partial charge on any atom is 0.407 e. The molecule has 1 aliphatic carbocycles. The molecule has 2 aliphatic rings. The summed E-state index contributed by atoms with van der Waals surface area (Å²) < 4.78 is 16.7. The minimum absolute atomic E-state index is 0.0839. The maximum absolute atomic E-state index is 12.2. The molecule has 1 aromatic heterocycles. The average Bonchev–Trinajstić information content (AvgIpc) is 3.27. The van der Waals surface area contributed by atoms with Crippen molar-refractivity contribution in [3.8, 4) is 0 Å². The average molecular weight is 460 g/mol. The number of carbonyl (C=O) groups is 1. The van der Waals surface area contributed by atoms with Crippen molar-refractivity contribution in [3.63, 3.8) is 0 Å². The molecule has 14 nitrogen and oxygen atoms in total. The number of rotatable bonds is 7. The lowest BCUT2D eigenvalue weighted by Crippen LogP contribution is -2.68. The van der Waals surface area contributed by atoms with Gasteiger partial charge in [-0.3, -0.25) is 0 Å². The molecule has 2 heterocycles. The van der Waals surface area contributed by atoms with Crippen LogP contribution in [0.2, 0.25) is 0 Å². The molecule has 10 atom stereocenters. The van der Waals surface area contributed by atoms with E-state index in [0.29, 0.717) is 6.42 Å². The fourth-order valence-electron chi connectivity index (χ4n) is 3.93. The molecule has 0 bridgehead atoms. The normalized spacial score (nSPS) is 40.1. The molecule has 0 radical (unpaired) electrons. The third kappa shape index (κ3) is 5.54. The topological polar surface area (TPSA) is 250 Å². The number of H-pyrrole nitrogens is 1. The van der Waals surface area contributed by atoms with Crippen molar-refractivity contribution in [2.45, 2.75) is 73.9 Å². The number of carbonyl (C=O) groups excluding carboxylic acids is 1. The first-order valence-electron chi connectivity index (χ1n) is 10.5. The van der Waals surface area contributed by atoms with E-state index in [1.807, 2.05) is 0 Å². The molecule has 1 aromatic rings. The molecule has 2 fully saturated rings. The predicted molar refractivity (Wildman–Crippen MR) is 110 cm³/mol. The fourth-order valence-corrected chi connectivity index (χ4v) is 3.93. The van der Waals surface area contributed by atoms with Crippen molar-refractivity contribution >= 4 is 6.09 Å². The molecule has 32 heavy (non-hydrogen) atoms. The molecular formula is C18H33N7O7. The van der Waals surface area contributed by atoms with E-state index in [4.69, 9.17) is 37.1 Å². The van der Waals surface area contributed by atoms with Gasteiger partial charge in [0.15, 0.2) is 6.29 Å². The molecule has 0 aromatic carbocycles. The molecule has 182 valence electrons. The quantitative estimate of drug-likeness (QED) is 0.187. The number of nitrogens with one attached hydrogen (secondary N) is 2. The third-order valence-electron chi connectivity index (χ3n) is 5.80. The first-order chi connectivity index (χ1) is 15.2. The number of aliphatic hydroxyl groups excluding tert-OH is 3. The lowest BCUT2D eigenvalue weighted by molar-refractivity contribution is -0.287. The third-order valence-corrected chi connectivity index (χ3v) is 5.80. The summed E-state index contributed by atoms with van der Waals surface area (Å²) in [7, 11) is 0. The smallest absolute Gasteiger partial charge is 0.407 e.